The van der Waals surface area contributed by atoms with Crippen LogP contribution in [0.1, 0.15) is 33.9 Å². The Morgan fingerprint density at radius 3 is 2.55 bits per heavy atom. The fourth-order valence-electron chi connectivity index (χ4n) is 3.68. The van der Waals surface area contributed by atoms with Crippen molar-refractivity contribution in [3.8, 4) is 0 Å². The van der Waals surface area contributed by atoms with E-state index < -0.39 is 0 Å². The lowest BCUT2D eigenvalue weighted by Crippen LogP contribution is -2.38. The molecule has 1 aliphatic heterocycles. The lowest BCUT2D eigenvalue weighted by Gasteiger charge is -2.36. The number of rotatable bonds is 0. The molecule has 0 saturated heterocycles. The van der Waals surface area contributed by atoms with Crippen LogP contribution in [0.3, 0.4) is 0 Å². The van der Waals surface area contributed by atoms with Gasteiger partial charge in [0.05, 0.1) is 12.5 Å². The van der Waals surface area contributed by atoms with Crippen molar-refractivity contribution in [1.82, 2.24) is 4.90 Å². The van der Waals surface area contributed by atoms with Crippen LogP contribution >= 0.6 is 0 Å². The van der Waals surface area contributed by atoms with Crippen LogP contribution < -0.4 is 0 Å². The van der Waals surface area contributed by atoms with Gasteiger partial charge in [0.1, 0.15) is 0 Å². The molecule has 2 heteroatoms. The number of fused-ring (bicyclic) bond motifs is 2. The van der Waals surface area contributed by atoms with Crippen LogP contribution in [-0.2, 0) is 24.1 Å². The second kappa shape index (κ2) is 4.20. The molecular formula is C18H17NO. The topological polar surface area (TPSA) is 20.3 Å². The lowest BCUT2D eigenvalue weighted by atomic mass is 9.85. The van der Waals surface area contributed by atoms with E-state index in [1.807, 2.05) is 11.9 Å². The maximum absolute atomic E-state index is 12.3. The van der Waals surface area contributed by atoms with Crippen LogP contribution in [0, 0.1) is 0 Å². The zero-order chi connectivity index (χ0) is 13.7. The Labute approximate surface area is 119 Å². The lowest BCUT2D eigenvalue weighted by molar-refractivity contribution is -0.131. The van der Waals surface area contributed by atoms with Gasteiger partial charge in [0.2, 0.25) is 5.91 Å². The predicted molar refractivity (Wildman–Crippen MR) is 78.6 cm³/mol. The molecule has 2 nitrogen and oxygen atoms in total. The van der Waals surface area contributed by atoms with Gasteiger partial charge >= 0.3 is 0 Å². The number of hydrogen-bond acceptors (Lipinski definition) is 1. The number of aryl methyl sites for hydroxylation is 2. The molecule has 1 amide bonds. The quantitative estimate of drug-likeness (QED) is 0.715. The minimum atomic E-state index is 0.0983. The summed E-state index contributed by atoms with van der Waals surface area (Å²) < 4.78 is 0. The van der Waals surface area contributed by atoms with E-state index >= 15 is 0 Å². The molecule has 1 heterocycles. The summed E-state index contributed by atoms with van der Waals surface area (Å²) in [5.74, 6) is 0.219. The van der Waals surface area contributed by atoms with Crippen molar-refractivity contribution in [2.24, 2.45) is 0 Å². The first-order chi connectivity index (χ1) is 9.75. The standard InChI is InChI=1S/C18H17NO/c1-19-16(20)11-14-7-4-6-13-10-9-12-5-2-3-8-15(12)18(19)17(13)14/h2-8,18H,9-11H2,1H3/t18-/m1/s1. The average molecular weight is 263 g/mol. The van der Waals surface area contributed by atoms with E-state index in [0.29, 0.717) is 6.42 Å². The Morgan fingerprint density at radius 1 is 0.950 bits per heavy atom. The maximum atomic E-state index is 12.3. The molecule has 1 atom stereocenters. The SMILES string of the molecule is CN1C(=O)Cc2cccc3c2[C@H]1c1ccccc1CC3. The highest BCUT2D eigenvalue weighted by atomic mass is 16.2. The minimum Gasteiger partial charge on any atom is -0.334 e. The molecule has 20 heavy (non-hydrogen) atoms. The van der Waals surface area contributed by atoms with Crippen molar-refractivity contribution in [3.63, 3.8) is 0 Å². The number of nitrogens with zero attached hydrogens (tertiary/aromatic N) is 1. The van der Waals surface area contributed by atoms with Gasteiger partial charge in [-0.05, 0) is 40.7 Å². The Hall–Kier alpha value is -2.09. The second-order valence-electron chi connectivity index (χ2n) is 5.77. The van der Waals surface area contributed by atoms with Crippen molar-refractivity contribution in [2.75, 3.05) is 7.05 Å². The smallest absolute Gasteiger partial charge is 0.227 e. The van der Waals surface area contributed by atoms with Gasteiger partial charge in [-0.25, -0.2) is 0 Å². The number of carbonyl (C=O) groups excluding carboxylic acids is 1. The zero-order valence-corrected chi connectivity index (χ0v) is 11.6. The Balaban J connectivity index is 2.03. The second-order valence-corrected chi connectivity index (χ2v) is 5.77. The van der Waals surface area contributed by atoms with E-state index in [-0.39, 0.29) is 11.9 Å². The molecule has 0 aromatic heterocycles. The molecule has 100 valence electrons. The predicted octanol–water partition coefficient (Wildman–Crippen LogP) is 2.89. The third kappa shape index (κ3) is 1.54. The normalized spacial score (nSPS) is 20.1. The number of amides is 1. The maximum Gasteiger partial charge on any atom is 0.227 e. The van der Waals surface area contributed by atoms with E-state index in [1.165, 1.54) is 27.8 Å². The molecule has 4 rings (SSSR count). The number of hydrogen-bond donors (Lipinski definition) is 0. The van der Waals surface area contributed by atoms with Crippen molar-refractivity contribution in [2.45, 2.75) is 25.3 Å². The van der Waals surface area contributed by atoms with Gasteiger partial charge in [0.15, 0.2) is 0 Å². The molecule has 0 unspecified atom stereocenters. The monoisotopic (exact) mass is 263 g/mol. The van der Waals surface area contributed by atoms with Gasteiger partial charge in [0, 0.05) is 7.05 Å². The molecule has 0 spiro atoms. The average Bonchev–Trinajstić information content (AvgIpc) is 2.63. The van der Waals surface area contributed by atoms with Crippen LogP contribution in [0.2, 0.25) is 0 Å². The summed E-state index contributed by atoms with van der Waals surface area (Å²) >= 11 is 0. The third-order valence-corrected chi connectivity index (χ3v) is 4.70. The molecular weight excluding hydrogens is 246 g/mol. The Bertz CT molecular complexity index is 704. The molecule has 2 aliphatic rings. The highest BCUT2D eigenvalue weighted by Crippen LogP contribution is 2.40. The van der Waals surface area contributed by atoms with Crippen LogP contribution in [0.5, 0.6) is 0 Å². The van der Waals surface area contributed by atoms with E-state index in [9.17, 15) is 4.79 Å². The van der Waals surface area contributed by atoms with Crippen molar-refractivity contribution < 1.29 is 4.79 Å². The van der Waals surface area contributed by atoms with E-state index in [0.717, 1.165) is 12.8 Å². The summed E-state index contributed by atoms with van der Waals surface area (Å²) in [7, 11) is 1.94. The van der Waals surface area contributed by atoms with E-state index in [2.05, 4.69) is 42.5 Å². The summed E-state index contributed by atoms with van der Waals surface area (Å²) in [4.78, 5) is 14.2. The van der Waals surface area contributed by atoms with Crippen molar-refractivity contribution in [1.29, 1.82) is 0 Å². The summed E-state index contributed by atoms with van der Waals surface area (Å²) in [6.07, 6.45) is 2.67. The number of carbonyl (C=O) groups is 1. The van der Waals surface area contributed by atoms with Gasteiger partial charge in [0.25, 0.3) is 0 Å². The molecule has 0 bridgehead atoms. The van der Waals surface area contributed by atoms with Gasteiger partial charge < -0.3 is 4.90 Å². The van der Waals surface area contributed by atoms with Crippen LogP contribution in [0.15, 0.2) is 42.5 Å². The van der Waals surface area contributed by atoms with Gasteiger partial charge in [-0.2, -0.15) is 0 Å². The van der Waals surface area contributed by atoms with Crippen molar-refractivity contribution in [3.05, 3.63) is 70.3 Å². The van der Waals surface area contributed by atoms with Crippen LogP contribution in [0.25, 0.3) is 0 Å². The third-order valence-electron chi connectivity index (χ3n) is 4.70. The summed E-state index contributed by atoms with van der Waals surface area (Å²) in [5, 5.41) is 0. The number of benzene rings is 2. The van der Waals surface area contributed by atoms with Gasteiger partial charge in [-0.15, -0.1) is 0 Å². The Morgan fingerprint density at radius 2 is 1.65 bits per heavy atom. The highest BCUT2D eigenvalue weighted by Gasteiger charge is 2.35. The molecule has 1 aliphatic carbocycles. The molecule has 0 radical (unpaired) electrons. The minimum absolute atomic E-state index is 0.0983. The fourth-order valence-corrected chi connectivity index (χ4v) is 3.68. The van der Waals surface area contributed by atoms with E-state index in [4.69, 9.17) is 0 Å². The number of likely N-dealkylation sites (N-methyl/N-ethyl adjacent to an activating group) is 1. The molecule has 2 aromatic carbocycles. The highest BCUT2D eigenvalue weighted by molar-refractivity contribution is 5.82. The van der Waals surface area contributed by atoms with Crippen molar-refractivity contribution >= 4 is 5.91 Å². The summed E-state index contributed by atoms with van der Waals surface area (Å²) in [6, 6.07) is 15.1. The summed E-state index contributed by atoms with van der Waals surface area (Å²) in [5.41, 5.74) is 6.67. The first-order valence-electron chi connectivity index (χ1n) is 7.20. The van der Waals surface area contributed by atoms with Gasteiger partial charge in [-0.3, -0.25) is 4.79 Å². The van der Waals surface area contributed by atoms with E-state index in [1.54, 1.807) is 0 Å². The molecule has 0 fully saturated rings. The van der Waals surface area contributed by atoms with Gasteiger partial charge in [-0.1, -0.05) is 42.5 Å². The van der Waals surface area contributed by atoms with Crippen LogP contribution in [-0.4, -0.2) is 17.9 Å². The first-order valence-corrected chi connectivity index (χ1v) is 7.20. The molecule has 0 saturated carbocycles. The molecule has 2 aromatic rings. The largest absolute Gasteiger partial charge is 0.334 e. The fraction of sp³-hybridized carbons (Fsp3) is 0.278. The van der Waals surface area contributed by atoms with Crippen LogP contribution in [0.4, 0.5) is 0 Å². The molecule has 0 N–H and O–H groups in total. The first kappa shape index (κ1) is 11.7. The Kier molecular flexibility index (Phi) is 2.46. The zero-order valence-electron chi connectivity index (χ0n) is 11.6. The summed E-state index contributed by atoms with van der Waals surface area (Å²) in [6.45, 7) is 0.